The first-order valence-corrected chi connectivity index (χ1v) is 6.87. The van der Waals surface area contributed by atoms with Gasteiger partial charge in [0.05, 0.1) is 22.8 Å². The molecule has 0 N–H and O–H groups in total. The van der Waals surface area contributed by atoms with Gasteiger partial charge in [-0.3, -0.25) is 9.78 Å². The highest BCUT2D eigenvalue weighted by molar-refractivity contribution is 6.41. The molecule has 20 heavy (non-hydrogen) atoms. The van der Waals surface area contributed by atoms with Crippen LogP contribution < -0.4 is 0 Å². The van der Waals surface area contributed by atoms with Crippen molar-refractivity contribution in [1.82, 2.24) is 14.9 Å². The predicted octanol–water partition coefficient (Wildman–Crippen LogP) is 3.45. The van der Waals surface area contributed by atoms with Crippen LogP contribution >= 0.6 is 23.2 Å². The van der Waals surface area contributed by atoms with E-state index in [9.17, 15) is 4.79 Å². The van der Waals surface area contributed by atoms with Gasteiger partial charge < -0.3 is 4.90 Å². The molecule has 0 bridgehead atoms. The summed E-state index contributed by atoms with van der Waals surface area (Å²) in [4.78, 5) is 22.2. The summed E-state index contributed by atoms with van der Waals surface area (Å²) < 4.78 is 0. The van der Waals surface area contributed by atoms with E-state index in [1.54, 1.807) is 11.1 Å². The molecule has 2 aromatic rings. The lowest BCUT2D eigenvalue weighted by atomic mass is 10.2. The summed E-state index contributed by atoms with van der Waals surface area (Å²) in [5, 5.41) is 0.461. The molecule has 0 saturated carbocycles. The van der Waals surface area contributed by atoms with Crippen molar-refractivity contribution in [3.05, 3.63) is 58.1 Å². The molecule has 0 saturated heterocycles. The molecule has 2 rings (SSSR count). The minimum absolute atomic E-state index is 0.149. The number of nitrogens with zero attached hydrogens (tertiary/aromatic N) is 3. The third-order valence-corrected chi connectivity index (χ3v) is 3.48. The van der Waals surface area contributed by atoms with Gasteiger partial charge >= 0.3 is 0 Å². The van der Waals surface area contributed by atoms with Gasteiger partial charge in [0.2, 0.25) is 0 Å². The van der Waals surface area contributed by atoms with Crippen LogP contribution in [0, 0.1) is 0 Å². The Balaban J connectivity index is 2.18. The number of amides is 1. The van der Waals surface area contributed by atoms with E-state index in [0.29, 0.717) is 18.7 Å². The number of aromatic nitrogens is 2. The van der Waals surface area contributed by atoms with E-state index in [1.165, 1.54) is 12.3 Å². The van der Waals surface area contributed by atoms with Crippen LogP contribution in [-0.2, 0) is 6.54 Å². The average Bonchev–Trinajstić information content (AvgIpc) is 2.48. The van der Waals surface area contributed by atoms with Crippen LogP contribution in [0.25, 0.3) is 0 Å². The summed E-state index contributed by atoms with van der Waals surface area (Å²) in [5.41, 5.74) is 1.24. The maximum Gasteiger partial charge on any atom is 0.255 e. The van der Waals surface area contributed by atoms with E-state index in [1.807, 2.05) is 25.1 Å². The quantitative estimate of drug-likeness (QED) is 0.813. The zero-order valence-electron chi connectivity index (χ0n) is 10.9. The summed E-state index contributed by atoms with van der Waals surface area (Å²) >= 11 is 11.6. The van der Waals surface area contributed by atoms with E-state index >= 15 is 0 Å². The molecule has 0 aliphatic carbocycles. The lowest BCUT2D eigenvalue weighted by molar-refractivity contribution is 0.0750. The molecular weight excluding hydrogens is 297 g/mol. The topological polar surface area (TPSA) is 46.1 Å². The van der Waals surface area contributed by atoms with Gasteiger partial charge in [-0.05, 0) is 25.1 Å². The molecule has 0 radical (unpaired) electrons. The van der Waals surface area contributed by atoms with E-state index < -0.39 is 0 Å². The summed E-state index contributed by atoms with van der Waals surface area (Å²) in [7, 11) is 0. The number of hydrogen-bond acceptors (Lipinski definition) is 3. The van der Waals surface area contributed by atoms with Gasteiger partial charge in [-0.1, -0.05) is 29.3 Å². The van der Waals surface area contributed by atoms with E-state index in [2.05, 4.69) is 9.97 Å². The zero-order valence-corrected chi connectivity index (χ0v) is 12.4. The number of carbonyl (C=O) groups excluding carboxylic acids is 1. The second-order valence-electron chi connectivity index (χ2n) is 4.14. The van der Waals surface area contributed by atoms with Gasteiger partial charge in [0.15, 0.2) is 0 Å². The first-order valence-electron chi connectivity index (χ1n) is 6.12. The third-order valence-electron chi connectivity index (χ3n) is 2.79. The molecule has 2 aromatic heterocycles. The number of rotatable bonds is 4. The number of pyridine rings is 2. The Hall–Kier alpha value is -1.65. The van der Waals surface area contributed by atoms with Crippen LogP contribution in [0.2, 0.25) is 10.2 Å². The second-order valence-corrected chi connectivity index (χ2v) is 4.90. The van der Waals surface area contributed by atoms with E-state index in [0.717, 1.165) is 5.69 Å². The minimum atomic E-state index is -0.149. The highest BCUT2D eigenvalue weighted by Gasteiger charge is 2.16. The number of hydrogen-bond donors (Lipinski definition) is 0. The summed E-state index contributed by atoms with van der Waals surface area (Å²) in [6, 6.07) is 7.13. The molecule has 6 heteroatoms. The van der Waals surface area contributed by atoms with Crippen LogP contribution in [0.4, 0.5) is 0 Å². The maximum absolute atomic E-state index is 12.4. The molecule has 104 valence electrons. The van der Waals surface area contributed by atoms with Crippen molar-refractivity contribution >= 4 is 29.1 Å². The summed E-state index contributed by atoms with van der Waals surface area (Å²) in [5.74, 6) is -0.149. The SMILES string of the molecule is CCN(Cc1ccccn1)C(=O)c1cnc(Cl)c(Cl)c1. The van der Waals surface area contributed by atoms with Crippen LogP contribution in [0.3, 0.4) is 0 Å². The fourth-order valence-electron chi connectivity index (χ4n) is 1.74. The summed E-state index contributed by atoms with van der Waals surface area (Å²) in [6.07, 6.45) is 3.13. The Morgan fingerprint density at radius 3 is 2.70 bits per heavy atom. The minimum Gasteiger partial charge on any atom is -0.333 e. The van der Waals surface area contributed by atoms with Crippen LogP contribution in [0.5, 0.6) is 0 Å². The van der Waals surface area contributed by atoms with Crippen LogP contribution in [0.15, 0.2) is 36.7 Å². The third kappa shape index (κ3) is 3.46. The molecule has 0 aliphatic rings. The normalized spacial score (nSPS) is 10.3. The monoisotopic (exact) mass is 309 g/mol. The molecule has 0 spiro atoms. The van der Waals surface area contributed by atoms with Crippen molar-refractivity contribution in [2.24, 2.45) is 0 Å². The predicted molar refractivity (Wildman–Crippen MR) is 78.9 cm³/mol. The first kappa shape index (κ1) is 14.8. The molecular formula is C14H13Cl2N3O. The fraction of sp³-hybridized carbons (Fsp3) is 0.214. The smallest absolute Gasteiger partial charge is 0.255 e. The van der Waals surface area contributed by atoms with Crippen molar-refractivity contribution in [2.75, 3.05) is 6.54 Å². The number of carbonyl (C=O) groups is 1. The average molecular weight is 310 g/mol. The Morgan fingerprint density at radius 2 is 2.10 bits per heavy atom. The Kier molecular flexibility index (Phi) is 4.93. The fourth-order valence-corrected chi connectivity index (χ4v) is 2.00. The van der Waals surface area contributed by atoms with Crippen LogP contribution in [0.1, 0.15) is 23.0 Å². The highest BCUT2D eigenvalue weighted by atomic mass is 35.5. The van der Waals surface area contributed by atoms with Crippen LogP contribution in [-0.4, -0.2) is 27.3 Å². The van der Waals surface area contributed by atoms with E-state index in [4.69, 9.17) is 23.2 Å². The molecule has 4 nitrogen and oxygen atoms in total. The van der Waals surface area contributed by atoms with E-state index in [-0.39, 0.29) is 16.1 Å². The van der Waals surface area contributed by atoms with Gasteiger partial charge in [-0.15, -0.1) is 0 Å². The molecule has 2 heterocycles. The van der Waals surface area contributed by atoms with Crippen molar-refractivity contribution in [2.45, 2.75) is 13.5 Å². The molecule has 0 fully saturated rings. The molecule has 0 aromatic carbocycles. The van der Waals surface area contributed by atoms with Gasteiger partial charge in [-0.2, -0.15) is 0 Å². The Bertz CT molecular complexity index is 605. The molecule has 1 amide bonds. The number of halogens is 2. The largest absolute Gasteiger partial charge is 0.333 e. The second kappa shape index (κ2) is 6.68. The van der Waals surface area contributed by atoms with Crippen molar-refractivity contribution in [3.63, 3.8) is 0 Å². The molecule has 0 unspecified atom stereocenters. The highest BCUT2D eigenvalue weighted by Crippen LogP contribution is 2.20. The van der Waals surface area contributed by atoms with Gasteiger partial charge in [0.25, 0.3) is 5.91 Å². The molecule has 0 atom stereocenters. The summed E-state index contributed by atoms with van der Waals surface area (Å²) in [6.45, 7) is 2.91. The van der Waals surface area contributed by atoms with Gasteiger partial charge in [0, 0.05) is 18.9 Å². The molecule has 0 aliphatic heterocycles. The van der Waals surface area contributed by atoms with Crippen molar-refractivity contribution in [3.8, 4) is 0 Å². The van der Waals surface area contributed by atoms with Gasteiger partial charge in [0.1, 0.15) is 5.15 Å². The van der Waals surface area contributed by atoms with Crippen molar-refractivity contribution in [1.29, 1.82) is 0 Å². The standard InChI is InChI=1S/C14H13Cl2N3O/c1-2-19(9-11-5-3-4-6-17-11)14(20)10-7-12(15)13(16)18-8-10/h3-8H,2,9H2,1H3. The van der Waals surface area contributed by atoms with Gasteiger partial charge in [-0.25, -0.2) is 4.98 Å². The Morgan fingerprint density at radius 1 is 1.30 bits per heavy atom. The lowest BCUT2D eigenvalue weighted by Gasteiger charge is -2.20. The lowest BCUT2D eigenvalue weighted by Crippen LogP contribution is -2.30. The Labute approximate surface area is 127 Å². The zero-order chi connectivity index (χ0) is 14.5. The maximum atomic E-state index is 12.4. The first-order chi connectivity index (χ1) is 9.61. The van der Waals surface area contributed by atoms with Crippen molar-refractivity contribution < 1.29 is 4.79 Å².